The molecule has 1 saturated carbocycles. The number of hydrogen-bond donors (Lipinski definition) is 2. The quantitative estimate of drug-likeness (QED) is 0.708. The van der Waals surface area contributed by atoms with Gasteiger partial charge in [0.15, 0.2) is 0 Å². The predicted octanol–water partition coefficient (Wildman–Crippen LogP) is 1.25. The summed E-state index contributed by atoms with van der Waals surface area (Å²) in [5.41, 5.74) is 6.81. The number of hydrogen-bond acceptors (Lipinski definition) is 3. The van der Waals surface area contributed by atoms with E-state index in [0.717, 1.165) is 37.2 Å². The van der Waals surface area contributed by atoms with Crippen molar-refractivity contribution >= 4 is 5.82 Å². The molecule has 4 nitrogen and oxygen atoms in total. The minimum absolute atomic E-state index is 0.121. The van der Waals surface area contributed by atoms with Crippen LogP contribution in [0.5, 0.6) is 0 Å². The van der Waals surface area contributed by atoms with E-state index in [4.69, 9.17) is 5.73 Å². The van der Waals surface area contributed by atoms with E-state index >= 15 is 0 Å². The lowest BCUT2D eigenvalue weighted by molar-refractivity contribution is 0.108. The van der Waals surface area contributed by atoms with Crippen LogP contribution in [0.3, 0.4) is 0 Å². The lowest BCUT2D eigenvalue weighted by atomic mass is 9.93. The van der Waals surface area contributed by atoms with Crippen LogP contribution in [0.1, 0.15) is 37.4 Å². The van der Waals surface area contributed by atoms with E-state index in [9.17, 15) is 5.11 Å². The molecular weight excluding hydrogens is 178 g/mol. The van der Waals surface area contributed by atoms with Crippen molar-refractivity contribution in [2.24, 2.45) is 0 Å². The van der Waals surface area contributed by atoms with Crippen LogP contribution in [0.2, 0.25) is 0 Å². The van der Waals surface area contributed by atoms with E-state index < -0.39 is 0 Å². The highest BCUT2D eigenvalue weighted by atomic mass is 16.3. The summed E-state index contributed by atoms with van der Waals surface area (Å²) in [6.07, 6.45) is 3.56. The zero-order valence-corrected chi connectivity index (χ0v) is 8.48. The van der Waals surface area contributed by atoms with Gasteiger partial charge in [-0.05, 0) is 32.6 Å². The lowest BCUT2D eigenvalue weighted by Gasteiger charge is -2.26. The van der Waals surface area contributed by atoms with E-state index in [1.54, 1.807) is 0 Å². The van der Waals surface area contributed by atoms with Crippen LogP contribution in [-0.4, -0.2) is 21.0 Å². The third kappa shape index (κ3) is 1.75. The van der Waals surface area contributed by atoms with Gasteiger partial charge in [-0.15, -0.1) is 0 Å². The van der Waals surface area contributed by atoms with E-state index in [2.05, 4.69) is 5.10 Å². The average Bonchev–Trinajstić information content (AvgIpc) is 2.47. The highest BCUT2D eigenvalue weighted by Crippen LogP contribution is 2.29. The number of aliphatic hydroxyl groups excluding tert-OH is 1. The van der Waals surface area contributed by atoms with E-state index in [1.807, 2.05) is 17.7 Å². The first kappa shape index (κ1) is 9.52. The molecule has 0 spiro atoms. The Labute approximate surface area is 83.7 Å². The smallest absolute Gasteiger partial charge is 0.122 e. The molecule has 0 aliphatic heterocycles. The van der Waals surface area contributed by atoms with Gasteiger partial charge in [-0.2, -0.15) is 5.10 Å². The zero-order chi connectivity index (χ0) is 10.1. The van der Waals surface area contributed by atoms with Gasteiger partial charge in [0.2, 0.25) is 0 Å². The third-order valence-electron chi connectivity index (χ3n) is 2.90. The Morgan fingerprint density at radius 1 is 1.43 bits per heavy atom. The first-order chi connectivity index (χ1) is 6.66. The van der Waals surface area contributed by atoms with Gasteiger partial charge in [-0.1, -0.05) is 0 Å². The Morgan fingerprint density at radius 2 is 2.07 bits per heavy atom. The van der Waals surface area contributed by atoms with Gasteiger partial charge < -0.3 is 10.8 Å². The molecule has 1 aromatic heterocycles. The highest BCUT2D eigenvalue weighted by Gasteiger charge is 2.22. The molecule has 0 unspecified atom stereocenters. The van der Waals surface area contributed by atoms with Gasteiger partial charge in [-0.25, -0.2) is 4.68 Å². The molecule has 0 bridgehead atoms. The van der Waals surface area contributed by atoms with Crippen molar-refractivity contribution in [2.45, 2.75) is 44.8 Å². The fraction of sp³-hybridized carbons (Fsp3) is 0.700. The second kappa shape index (κ2) is 3.61. The largest absolute Gasteiger partial charge is 0.393 e. The predicted molar refractivity (Wildman–Crippen MR) is 54.9 cm³/mol. The van der Waals surface area contributed by atoms with Crippen molar-refractivity contribution in [2.75, 3.05) is 5.73 Å². The molecule has 1 fully saturated rings. The van der Waals surface area contributed by atoms with Gasteiger partial charge in [0.05, 0.1) is 17.8 Å². The molecule has 1 heterocycles. The molecule has 1 aliphatic carbocycles. The van der Waals surface area contributed by atoms with Gasteiger partial charge in [0, 0.05) is 6.07 Å². The number of anilines is 1. The standard InChI is InChI=1S/C10H17N3O/c1-7-6-10(11)13(12-7)8-2-4-9(14)5-3-8/h6,8-9,14H,2-5,11H2,1H3. The zero-order valence-electron chi connectivity index (χ0n) is 8.48. The molecular formula is C10H17N3O. The van der Waals surface area contributed by atoms with Gasteiger partial charge in [0.1, 0.15) is 5.82 Å². The van der Waals surface area contributed by atoms with Crippen molar-refractivity contribution in [1.82, 2.24) is 9.78 Å². The van der Waals surface area contributed by atoms with Crippen LogP contribution in [-0.2, 0) is 0 Å². The highest BCUT2D eigenvalue weighted by molar-refractivity contribution is 5.30. The number of rotatable bonds is 1. The van der Waals surface area contributed by atoms with E-state index in [-0.39, 0.29) is 6.10 Å². The minimum Gasteiger partial charge on any atom is -0.393 e. The van der Waals surface area contributed by atoms with Gasteiger partial charge in [0.25, 0.3) is 0 Å². The van der Waals surface area contributed by atoms with Crippen LogP contribution in [0.15, 0.2) is 6.07 Å². The van der Waals surface area contributed by atoms with E-state index in [0.29, 0.717) is 6.04 Å². The second-order valence-corrected chi connectivity index (χ2v) is 4.12. The topological polar surface area (TPSA) is 64.1 Å². The molecule has 4 heteroatoms. The summed E-state index contributed by atoms with van der Waals surface area (Å²) in [6.45, 7) is 1.95. The molecule has 3 N–H and O–H groups in total. The fourth-order valence-electron chi connectivity index (χ4n) is 2.13. The van der Waals surface area contributed by atoms with Crippen molar-refractivity contribution in [1.29, 1.82) is 0 Å². The van der Waals surface area contributed by atoms with Crippen LogP contribution in [0.4, 0.5) is 5.82 Å². The maximum atomic E-state index is 9.39. The molecule has 0 atom stereocenters. The molecule has 2 rings (SSSR count). The summed E-state index contributed by atoms with van der Waals surface area (Å²) < 4.78 is 1.90. The average molecular weight is 195 g/mol. The van der Waals surface area contributed by atoms with Crippen LogP contribution in [0.25, 0.3) is 0 Å². The van der Waals surface area contributed by atoms with Crippen molar-refractivity contribution in [3.63, 3.8) is 0 Å². The maximum Gasteiger partial charge on any atom is 0.122 e. The maximum absolute atomic E-state index is 9.39. The number of nitrogen functional groups attached to an aromatic ring is 1. The van der Waals surface area contributed by atoms with Crippen molar-refractivity contribution in [3.8, 4) is 0 Å². The monoisotopic (exact) mass is 195 g/mol. The normalized spacial score (nSPS) is 27.9. The number of aryl methyl sites for hydroxylation is 1. The molecule has 0 saturated heterocycles. The summed E-state index contributed by atoms with van der Waals surface area (Å²) in [6, 6.07) is 2.28. The number of aromatic nitrogens is 2. The summed E-state index contributed by atoms with van der Waals surface area (Å²) in [7, 11) is 0. The Morgan fingerprint density at radius 3 is 2.57 bits per heavy atom. The number of nitrogens with two attached hydrogens (primary N) is 1. The SMILES string of the molecule is Cc1cc(N)n(C2CCC(O)CC2)n1. The summed E-state index contributed by atoms with van der Waals surface area (Å²) in [5.74, 6) is 0.740. The Hall–Kier alpha value is -1.03. The minimum atomic E-state index is -0.121. The molecule has 0 radical (unpaired) electrons. The van der Waals surface area contributed by atoms with E-state index in [1.165, 1.54) is 0 Å². The molecule has 0 aromatic carbocycles. The van der Waals surface area contributed by atoms with Crippen molar-refractivity contribution < 1.29 is 5.11 Å². The Bertz CT molecular complexity index is 313. The Kier molecular flexibility index (Phi) is 2.46. The van der Waals surface area contributed by atoms with Crippen molar-refractivity contribution in [3.05, 3.63) is 11.8 Å². The summed E-state index contributed by atoms with van der Waals surface area (Å²) in [4.78, 5) is 0. The lowest BCUT2D eigenvalue weighted by Crippen LogP contribution is -2.22. The number of aliphatic hydroxyl groups is 1. The first-order valence-electron chi connectivity index (χ1n) is 5.16. The molecule has 78 valence electrons. The molecule has 0 amide bonds. The van der Waals surface area contributed by atoms with Gasteiger partial charge >= 0.3 is 0 Å². The fourth-order valence-corrected chi connectivity index (χ4v) is 2.13. The van der Waals surface area contributed by atoms with Gasteiger partial charge in [-0.3, -0.25) is 0 Å². The summed E-state index contributed by atoms with van der Waals surface area (Å²) >= 11 is 0. The molecule has 14 heavy (non-hydrogen) atoms. The first-order valence-corrected chi connectivity index (χ1v) is 5.16. The molecule has 1 aliphatic rings. The number of nitrogens with zero attached hydrogens (tertiary/aromatic N) is 2. The third-order valence-corrected chi connectivity index (χ3v) is 2.90. The van der Waals surface area contributed by atoms with Crippen LogP contribution >= 0.6 is 0 Å². The second-order valence-electron chi connectivity index (χ2n) is 4.12. The van der Waals surface area contributed by atoms with Crippen LogP contribution < -0.4 is 5.73 Å². The Balaban J connectivity index is 2.11. The molecule has 1 aromatic rings. The summed E-state index contributed by atoms with van der Waals surface area (Å²) in [5, 5.41) is 13.8. The van der Waals surface area contributed by atoms with Crippen LogP contribution in [0, 0.1) is 6.92 Å².